The van der Waals surface area contributed by atoms with Crippen LogP contribution in [0.2, 0.25) is 0 Å². The molecule has 3 aromatic carbocycles. The van der Waals surface area contributed by atoms with Crippen molar-refractivity contribution in [2.24, 2.45) is 5.41 Å². The molecule has 0 aromatic heterocycles. The minimum Gasteiger partial charge on any atom is -0.371 e. The van der Waals surface area contributed by atoms with Gasteiger partial charge in [0.1, 0.15) is 6.04 Å². The quantitative estimate of drug-likeness (QED) is 0.286. The van der Waals surface area contributed by atoms with Crippen LogP contribution in [0.4, 0.5) is 22.7 Å². The fourth-order valence-corrected chi connectivity index (χ4v) is 10.0. The molecule has 1 spiro atoms. The third kappa shape index (κ3) is 6.59. The minimum atomic E-state index is -0.980. The molecule has 5 amide bonds. The molecule has 3 aromatic rings. The smallest absolute Gasteiger partial charge is 0.262 e. The maximum absolute atomic E-state index is 13.6. The predicted molar refractivity (Wildman–Crippen MR) is 216 cm³/mol. The highest BCUT2D eigenvalue weighted by molar-refractivity contribution is 6.23. The van der Waals surface area contributed by atoms with Crippen LogP contribution >= 0.6 is 0 Å². The SMILES string of the molecule is [C-]#[N+]c1ccc(N2CC3(CCN(c4ccc(C(=O)N5CCN(C6CN(c7ccc8c(c7)C(=O)N(C7CCC(=O)NC7=O)C8=O)C6)CC5)cc4)CC3)C[C@@H]2C)cc1C. The fourth-order valence-electron chi connectivity index (χ4n) is 10.0. The maximum Gasteiger partial charge on any atom is 0.262 e. The third-order valence-corrected chi connectivity index (χ3v) is 13.5. The fraction of sp³-hybridized carbons (Fsp3) is 0.455. The second-order valence-electron chi connectivity index (χ2n) is 16.9. The number of fused-ring (bicyclic) bond motifs is 1. The van der Waals surface area contributed by atoms with Crippen LogP contribution in [0.25, 0.3) is 4.85 Å². The number of nitrogens with one attached hydrogen (secondary N) is 1. The van der Waals surface area contributed by atoms with Crippen molar-refractivity contribution in [2.75, 3.05) is 73.6 Å². The number of amides is 5. The Morgan fingerprint density at radius 3 is 2.18 bits per heavy atom. The van der Waals surface area contributed by atoms with Crippen molar-refractivity contribution in [2.45, 2.75) is 64.1 Å². The average Bonchev–Trinajstić information content (AvgIpc) is 3.65. The Balaban J connectivity index is 0.741. The summed E-state index contributed by atoms with van der Waals surface area (Å²) in [6.45, 7) is 19.2. The molecule has 9 rings (SSSR count). The molecule has 57 heavy (non-hydrogen) atoms. The lowest BCUT2D eigenvalue weighted by molar-refractivity contribution is -0.136. The van der Waals surface area contributed by atoms with Crippen molar-refractivity contribution in [1.82, 2.24) is 20.0 Å². The maximum atomic E-state index is 13.6. The number of benzene rings is 3. The molecule has 6 heterocycles. The van der Waals surface area contributed by atoms with E-state index in [0.717, 1.165) is 86.1 Å². The first-order valence-electron chi connectivity index (χ1n) is 20.2. The van der Waals surface area contributed by atoms with Gasteiger partial charge in [-0.1, -0.05) is 6.07 Å². The zero-order valence-corrected chi connectivity index (χ0v) is 32.6. The first-order valence-corrected chi connectivity index (χ1v) is 20.2. The average molecular weight is 769 g/mol. The van der Waals surface area contributed by atoms with Crippen molar-refractivity contribution in [1.29, 1.82) is 0 Å². The monoisotopic (exact) mass is 768 g/mol. The predicted octanol–water partition coefficient (Wildman–Crippen LogP) is 4.48. The largest absolute Gasteiger partial charge is 0.371 e. The Hall–Kier alpha value is -5.74. The summed E-state index contributed by atoms with van der Waals surface area (Å²) in [6, 6.07) is 19.4. The Morgan fingerprint density at radius 2 is 1.49 bits per heavy atom. The van der Waals surface area contributed by atoms with E-state index in [9.17, 15) is 24.0 Å². The van der Waals surface area contributed by atoms with Gasteiger partial charge in [0.2, 0.25) is 11.8 Å². The summed E-state index contributed by atoms with van der Waals surface area (Å²) < 4.78 is 0. The summed E-state index contributed by atoms with van der Waals surface area (Å²) in [5, 5.41) is 2.24. The van der Waals surface area contributed by atoms with E-state index in [1.165, 1.54) is 17.8 Å². The minimum absolute atomic E-state index is 0.0671. The molecule has 6 aliphatic heterocycles. The van der Waals surface area contributed by atoms with E-state index in [-0.39, 0.29) is 29.9 Å². The van der Waals surface area contributed by atoms with E-state index in [0.29, 0.717) is 30.6 Å². The van der Waals surface area contributed by atoms with E-state index < -0.39 is 29.7 Å². The number of nitrogens with zero attached hydrogens (tertiary/aromatic N) is 7. The molecule has 2 atom stereocenters. The van der Waals surface area contributed by atoms with Gasteiger partial charge in [0, 0.05) is 100 Å². The van der Waals surface area contributed by atoms with Crippen LogP contribution in [0.15, 0.2) is 60.7 Å². The van der Waals surface area contributed by atoms with Crippen LogP contribution in [-0.4, -0.2) is 121 Å². The lowest BCUT2D eigenvalue weighted by Gasteiger charge is -2.49. The highest BCUT2D eigenvalue weighted by Crippen LogP contribution is 2.46. The molecule has 0 radical (unpaired) electrons. The van der Waals surface area contributed by atoms with Gasteiger partial charge >= 0.3 is 0 Å². The molecule has 294 valence electrons. The molecule has 1 N–H and O–H groups in total. The molecule has 13 nitrogen and oxygen atoms in total. The summed E-state index contributed by atoms with van der Waals surface area (Å²) >= 11 is 0. The number of hydrogen-bond donors (Lipinski definition) is 1. The summed E-state index contributed by atoms with van der Waals surface area (Å²) in [6.07, 6.45) is 3.67. The molecule has 6 aliphatic rings. The molecule has 5 fully saturated rings. The molecule has 5 saturated heterocycles. The molecular formula is C44H48N8O5. The van der Waals surface area contributed by atoms with Crippen LogP contribution in [0.1, 0.15) is 75.7 Å². The van der Waals surface area contributed by atoms with E-state index in [4.69, 9.17) is 6.57 Å². The Labute approximate surface area is 333 Å². The van der Waals surface area contributed by atoms with Crippen LogP contribution in [0, 0.1) is 18.9 Å². The van der Waals surface area contributed by atoms with E-state index >= 15 is 0 Å². The van der Waals surface area contributed by atoms with Crippen LogP contribution < -0.4 is 20.0 Å². The second kappa shape index (κ2) is 14.3. The number of carbonyl (C=O) groups excluding carboxylic acids is 5. The highest BCUT2D eigenvalue weighted by Gasteiger charge is 2.46. The van der Waals surface area contributed by atoms with Crippen molar-refractivity contribution in [3.05, 3.63) is 94.3 Å². The summed E-state index contributed by atoms with van der Waals surface area (Å²) in [7, 11) is 0. The van der Waals surface area contributed by atoms with Gasteiger partial charge in [-0.05, 0) is 105 Å². The van der Waals surface area contributed by atoms with Gasteiger partial charge in [-0.25, -0.2) is 4.85 Å². The molecule has 1 unspecified atom stereocenters. The van der Waals surface area contributed by atoms with E-state index in [1.54, 1.807) is 12.1 Å². The van der Waals surface area contributed by atoms with Crippen molar-refractivity contribution in [3.63, 3.8) is 0 Å². The molecular weight excluding hydrogens is 721 g/mol. The lowest BCUT2D eigenvalue weighted by atomic mass is 9.76. The van der Waals surface area contributed by atoms with Gasteiger partial charge in [-0.15, -0.1) is 0 Å². The van der Waals surface area contributed by atoms with E-state index in [1.807, 2.05) is 36.1 Å². The molecule has 0 saturated carbocycles. The number of aryl methyl sites for hydroxylation is 1. The Morgan fingerprint density at radius 1 is 0.807 bits per heavy atom. The van der Waals surface area contributed by atoms with Crippen molar-refractivity contribution in [3.8, 4) is 0 Å². The molecule has 0 bridgehead atoms. The van der Waals surface area contributed by atoms with E-state index in [2.05, 4.69) is 61.0 Å². The van der Waals surface area contributed by atoms with Gasteiger partial charge in [0.05, 0.1) is 17.7 Å². The number of piperidine rings is 2. The number of hydrogen-bond acceptors (Lipinski definition) is 9. The first kappa shape index (κ1) is 36.9. The zero-order chi connectivity index (χ0) is 39.6. The van der Waals surface area contributed by atoms with Crippen LogP contribution in [0.3, 0.4) is 0 Å². The van der Waals surface area contributed by atoms with Crippen LogP contribution in [-0.2, 0) is 9.59 Å². The third-order valence-electron chi connectivity index (χ3n) is 13.5. The zero-order valence-electron chi connectivity index (χ0n) is 32.6. The van der Waals surface area contributed by atoms with Gasteiger partial charge in [-0.2, -0.15) is 0 Å². The number of piperazine rings is 1. The topological polar surface area (TPSA) is 121 Å². The van der Waals surface area contributed by atoms with Gasteiger partial charge in [0.25, 0.3) is 17.7 Å². The summed E-state index contributed by atoms with van der Waals surface area (Å²) in [5.74, 6) is -1.94. The van der Waals surface area contributed by atoms with Gasteiger partial charge < -0.3 is 19.6 Å². The Kier molecular flexibility index (Phi) is 9.27. The number of anilines is 3. The van der Waals surface area contributed by atoms with Crippen molar-refractivity contribution < 1.29 is 24.0 Å². The van der Waals surface area contributed by atoms with Crippen molar-refractivity contribution >= 4 is 52.3 Å². The number of rotatable bonds is 6. The standard InChI is InChI=1S/C44H48N8O5/c1-28-22-33(9-11-37(28)45-3)51-27-44(24-29(51)2)14-16-47(17-15-44)31-6-4-30(5-7-31)41(55)49-20-18-48(19-21-49)34-25-50(26-34)32-8-10-35-36(23-32)43(57)52(42(35)56)38-12-13-39(53)46-40(38)54/h4-11,22-23,29,34,38H,12-21,24-27H2,1-2H3,(H,46,53,54)/t29-,38?/m0/s1. The van der Waals surface area contributed by atoms with Gasteiger partial charge in [0.15, 0.2) is 5.69 Å². The summed E-state index contributed by atoms with van der Waals surface area (Å²) in [5.41, 5.74) is 6.59. The van der Waals surface area contributed by atoms with Gasteiger partial charge in [-0.3, -0.25) is 39.1 Å². The molecule has 13 heteroatoms. The lowest BCUT2D eigenvalue weighted by Crippen LogP contribution is -2.63. The summed E-state index contributed by atoms with van der Waals surface area (Å²) in [4.78, 5) is 80.2. The number of imide groups is 2. The first-order chi connectivity index (χ1) is 27.5. The normalized spacial score (nSPS) is 23.8. The molecule has 0 aliphatic carbocycles. The number of carbonyl (C=O) groups is 5. The Bertz CT molecular complexity index is 2190. The highest BCUT2D eigenvalue weighted by atomic mass is 16.2. The second-order valence-corrected chi connectivity index (χ2v) is 16.9. The van der Waals surface area contributed by atoms with Crippen LogP contribution in [0.5, 0.6) is 0 Å².